The van der Waals surface area contributed by atoms with Crippen LogP contribution in [0.3, 0.4) is 0 Å². The lowest BCUT2D eigenvalue weighted by atomic mass is 10.0. The molecule has 2 aromatic carbocycles. The maximum Gasteiger partial charge on any atom is 0.0297 e. The van der Waals surface area contributed by atoms with Gasteiger partial charge in [-0.2, -0.15) is 0 Å². The number of halogens is 1. The summed E-state index contributed by atoms with van der Waals surface area (Å²) < 4.78 is 1.13. The van der Waals surface area contributed by atoms with Gasteiger partial charge in [0.05, 0.1) is 0 Å². The van der Waals surface area contributed by atoms with Crippen LogP contribution < -0.4 is 5.32 Å². The number of hydrogen-bond donors (Lipinski definition) is 1. The molecular formula is C19H22BrN. The van der Waals surface area contributed by atoms with Crippen molar-refractivity contribution in [3.8, 4) is 0 Å². The first-order valence-electron chi connectivity index (χ1n) is 7.76. The predicted octanol–water partition coefficient (Wildman–Crippen LogP) is 5.35. The van der Waals surface area contributed by atoms with Gasteiger partial charge in [-0.1, -0.05) is 46.3 Å². The van der Waals surface area contributed by atoms with Crippen molar-refractivity contribution in [2.45, 2.75) is 45.2 Å². The Balaban J connectivity index is 1.70. The molecule has 2 heteroatoms. The maximum atomic E-state index is 3.71. The molecule has 0 radical (unpaired) electrons. The van der Waals surface area contributed by atoms with Crippen LogP contribution in [0.5, 0.6) is 0 Å². The van der Waals surface area contributed by atoms with Crippen LogP contribution in [-0.2, 0) is 12.8 Å². The largest absolute Gasteiger partial charge is 0.304 e. The molecule has 110 valence electrons. The van der Waals surface area contributed by atoms with Crippen LogP contribution in [0.4, 0.5) is 0 Å². The molecule has 0 fully saturated rings. The third-order valence-electron chi connectivity index (χ3n) is 4.49. The molecule has 3 rings (SSSR count). The van der Waals surface area contributed by atoms with Crippen LogP contribution in [0.2, 0.25) is 0 Å². The summed E-state index contributed by atoms with van der Waals surface area (Å²) in [6.07, 6.45) is 3.82. The van der Waals surface area contributed by atoms with Crippen LogP contribution in [0.15, 0.2) is 46.9 Å². The van der Waals surface area contributed by atoms with E-state index >= 15 is 0 Å². The SMILES string of the molecule is CC(N[C@H](C)c1ccc(Br)cc1)c1ccc2c(c1)CCC2. The second kappa shape index (κ2) is 6.33. The van der Waals surface area contributed by atoms with Crippen LogP contribution >= 0.6 is 15.9 Å². The molecule has 21 heavy (non-hydrogen) atoms. The number of benzene rings is 2. The van der Waals surface area contributed by atoms with E-state index < -0.39 is 0 Å². The predicted molar refractivity (Wildman–Crippen MR) is 92.6 cm³/mol. The monoisotopic (exact) mass is 343 g/mol. The summed E-state index contributed by atoms with van der Waals surface area (Å²) in [6, 6.07) is 16.3. The third-order valence-corrected chi connectivity index (χ3v) is 5.02. The lowest BCUT2D eigenvalue weighted by Gasteiger charge is -2.21. The summed E-state index contributed by atoms with van der Waals surface area (Å²) in [7, 11) is 0. The van der Waals surface area contributed by atoms with Gasteiger partial charge in [-0.05, 0) is 67.5 Å². The first-order chi connectivity index (χ1) is 10.1. The lowest BCUT2D eigenvalue weighted by molar-refractivity contribution is 0.494. The van der Waals surface area contributed by atoms with Crippen molar-refractivity contribution in [1.29, 1.82) is 0 Å². The standard InChI is InChI=1S/C19H22BrN/c1-13(15-8-10-19(20)11-9-15)21-14(2)17-7-6-16-4-3-5-18(16)12-17/h6-14,21H,3-5H2,1-2H3/t13-,14?/m1/s1. The van der Waals surface area contributed by atoms with Gasteiger partial charge in [0.2, 0.25) is 0 Å². The molecule has 1 N–H and O–H groups in total. The van der Waals surface area contributed by atoms with E-state index in [9.17, 15) is 0 Å². The summed E-state index contributed by atoms with van der Waals surface area (Å²) in [5, 5.41) is 3.71. The molecule has 1 unspecified atom stereocenters. The van der Waals surface area contributed by atoms with Crippen molar-refractivity contribution >= 4 is 15.9 Å². The van der Waals surface area contributed by atoms with Crippen molar-refractivity contribution in [2.24, 2.45) is 0 Å². The highest BCUT2D eigenvalue weighted by Gasteiger charge is 2.15. The molecule has 0 amide bonds. The Labute approximate surface area is 135 Å². The number of rotatable bonds is 4. The summed E-state index contributed by atoms with van der Waals surface area (Å²) in [4.78, 5) is 0. The third kappa shape index (κ3) is 3.38. The molecule has 2 atom stereocenters. The summed E-state index contributed by atoms with van der Waals surface area (Å²) in [6.45, 7) is 4.49. The minimum atomic E-state index is 0.348. The Kier molecular flexibility index (Phi) is 4.46. The average Bonchev–Trinajstić information content (AvgIpc) is 2.95. The number of nitrogens with one attached hydrogen (secondary N) is 1. The fraction of sp³-hybridized carbons (Fsp3) is 0.368. The van der Waals surface area contributed by atoms with Crippen molar-refractivity contribution in [3.63, 3.8) is 0 Å². The lowest BCUT2D eigenvalue weighted by Crippen LogP contribution is -2.22. The van der Waals surface area contributed by atoms with Crippen molar-refractivity contribution in [2.75, 3.05) is 0 Å². The molecule has 0 aromatic heterocycles. The van der Waals surface area contributed by atoms with E-state index in [1.807, 2.05) is 0 Å². The summed E-state index contributed by atoms with van der Waals surface area (Å²) >= 11 is 3.49. The van der Waals surface area contributed by atoms with Crippen LogP contribution in [0, 0.1) is 0 Å². The Hall–Kier alpha value is -1.12. The normalized spacial score (nSPS) is 16.5. The smallest absolute Gasteiger partial charge is 0.0297 e. The highest BCUT2D eigenvalue weighted by atomic mass is 79.9. The van der Waals surface area contributed by atoms with Gasteiger partial charge in [0.1, 0.15) is 0 Å². The second-order valence-corrected chi connectivity index (χ2v) is 6.96. The summed E-state index contributed by atoms with van der Waals surface area (Å²) in [5.74, 6) is 0. The van der Waals surface area contributed by atoms with Gasteiger partial charge in [0.25, 0.3) is 0 Å². The molecule has 0 aliphatic heterocycles. The minimum absolute atomic E-state index is 0.348. The van der Waals surface area contributed by atoms with Crippen LogP contribution in [0.25, 0.3) is 0 Å². The first-order valence-corrected chi connectivity index (χ1v) is 8.56. The molecule has 2 aromatic rings. The Morgan fingerprint density at radius 1 is 0.857 bits per heavy atom. The first kappa shape index (κ1) is 14.8. The highest BCUT2D eigenvalue weighted by molar-refractivity contribution is 9.10. The van der Waals surface area contributed by atoms with Crippen LogP contribution in [0.1, 0.15) is 54.6 Å². The van der Waals surface area contributed by atoms with Gasteiger partial charge in [0, 0.05) is 16.6 Å². The molecule has 0 spiro atoms. The summed E-state index contributed by atoms with van der Waals surface area (Å²) in [5.41, 5.74) is 5.83. The zero-order chi connectivity index (χ0) is 14.8. The van der Waals surface area contributed by atoms with Gasteiger partial charge in [-0.15, -0.1) is 0 Å². The van der Waals surface area contributed by atoms with Gasteiger partial charge in [-0.25, -0.2) is 0 Å². The fourth-order valence-electron chi connectivity index (χ4n) is 3.18. The number of aryl methyl sites for hydroxylation is 2. The Morgan fingerprint density at radius 2 is 1.48 bits per heavy atom. The molecule has 0 saturated carbocycles. The fourth-order valence-corrected chi connectivity index (χ4v) is 3.44. The van der Waals surface area contributed by atoms with Gasteiger partial charge in [-0.3, -0.25) is 0 Å². The van der Waals surface area contributed by atoms with Crippen LogP contribution in [-0.4, -0.2) is 0 Å². The van der Waals surface area contributed by atoms with Gasteiger partial charge >= 0.3 is 0 Å². The Morgan fingerprint density at radius 3 is 2.24 bits per heavy atom. The van der Waals surface area contributed by atoms with E-state index in [2.05, 4.69) is 77.6 Å². The quantitative estimate of drug-likeness (QED) is 0.788. The maximum absolute atomic E-state index is 3.71. The van der Waals surface area contributed by atoms with E-state index in [1.165, 1.54) is 30.4 Å². The molecule has 1 nitrogen and oxygen atoms in total. The molecule has 0 heterocycles. The van der Waals surface area contributed by atoms with E-state index in [1.54, 1.807) is 11.1 Å². The van der Waals surface area contributed by atoms with Crippen molar-refractivity contribution < 1.29 is 0 Å². The van der Waals surface area contributed by atoms with Gasteiger partial charge in [0.15, 0.2) is 0 Å². The zero-order valence-corrected chi connectivity index (χ0v) is 14.3. The number of fused-ring (bicyclic) bond motifs is 1. The molecule has 0 saturated heterocycles. The Bertz CT molecular complexity index is 618. The molecular weight excluding hydrogens is 322 g/mol. The van der Waals surface area contributed by atoms with E-state index in [0.717, 1.165) is 4.47 Å². The topological polar surface area (TPSA) is 12.0 Å². The molecule has 0 bridgehead atoms. The van der Waals surface area contributed by atoms with Crippen molar-refractivity contribution in [1.82, 2.24) is 5.32 Å². The van der Waals surface area contributed by atoms with E-state index in [4.69, 9.17) is 0 Å². The highest BCUT2D eigenvalue weighted by Crippen LogP contribution is 2.27. The average molecular weight is 344 g/mol. The minimum Gasteiger partial charge on any atom is -0.304 e. The molecule has 1 aliphatic carbocycles. The van der Waals surface area contributed by atoms with Crippen molar-refractivity contribution in [3.05, 3.63) is 69.2 Å². The van der Waals surface area contributed by atoms with Gasteiger partial charge < -0.3 is 5.32 Å². The van der Waals surface area contributed by atoms with E-state index in [-0.39, 0.29) is 0 Å². The second-order valence-electron chi connectivity index (χ2n) is 6.04. The zero-order valence-electron chi connectivity index (χ0n) is 12.7. The molecule has 1 aliphatic rings. The number of hydrogen-bond acceptors (Lipinski definition) is 1. The van der Waals surface area contributed by atoms with E-state index in [0.29, 0.717) is 12.1 Å².